The van der Waals surface area contributed by atoms with E-state index >= 15 is 0 Å². The van der Waals surface area contributed by atoms with Crippen molar-refractivity contribution in [3.8, 4) is 0 Å². The predicted octanol–water partition coefficient (Wildman–Crippen LogP) is 4.86. The van der Waals surface area contributed by atoms with Gasteiger partial charge in [-0.3, -0.25) is 0 Å². The molecule has 0 fully saturated rings. The van der Waals surface area contributed by atoms with Gasteiger partial charge in [-0.2, -0.15) is 0 Å². The summed E-state index contributed by atoms with van der Waals surface area (Å²) in [4.78, 5) is 0. The van der Waals surface area contributed by atoms with Gasteiger partial charge in [-0.25, -0.2) is 0 Å². The van der Waals surface area contributed by atoms with E-state index in [4.69, 9.17) is 4.74 Å². The van der Waals surface area contributed by atoms with Crippen LogP contribution >= 0.6 is 0 Å². The zero-order valence-electron chi connectivity index (χ0n) is 11.1. The maximum atomic E-state index is 6.17. The highest BCUT2D eigenvalue weighted by Crippen LogP contribution is 2.20. The molecule has 0 aliphatic carbocycles. The van der Waals surface area contributed by atoms with Gasteiger partial charge in [-0.1, -0.05) is 51.7 Å². The molecule has 1 aliphatic heterocycles. The first kappa shape index (κ1) is 13.8. The van der Waals surface area contributed by atoms with Gasteiger partial charge in [0.05, 0.1) is 12.2 Å². The lowest BCUT2D eigenvalue weighted by atomic mass is 10.0. The largest absolute Gasteiger partial charge is 0.375 e. The van der Waals surface area contributed by atoms with Gasteiger partial charge in [0, 0.05) is 0 Å². The maximum Gasteiger partial charge on any atom is 0.0610 e. The summed E-state index contributed by atoms with van der Waals surface area (Å²) in [5.41, 5.74) is 0. The lowest BCUT2D eigenvalue weighted by Gasteiger charge is -2.25. The first-order valence-electron chi connectivity index (χ1n) is 7.17. The Hall–Kier alpha value is -0.300. The number of hydrogen-bond donors (Lipinski definition) is 0. The molecule has 2 atom stereocenters. The van der Waals surface area contributed by atoms with Crippen molar-refractivity contribution in [3.05, 3.63) is 12.2 Å². The topological polar surface area (TPSA) is 9.23 Å². The van der Waals surface area contributed by atoms with Gasteiger partial charge in [-0.15, -0.1) is 0 Å². The number of unbranched alkanes of at least 4 members (excludes halogenated alkanes) is 3. The molecular weight excluding hydrogens is 196 g/mol. The Morgan fingerprint density at radius 2 is 1.94 bits per heavy atom. The van der Waals surface area contributed by atoms with Crippen LogP contribution in [0.2, 0.25) is 0 Å². The highest BCUT2D eigenvalue weighted by molar-refractivity contribution is 4.87. The second-order valence-electron chi connectivity index (χ2n) is 4.92. The Morgan fingerprint density at radius 3 is 2.69 bits per heavy atom. The van der Waals surface area contributed by atoms with Crippen LogP contribution in [0.25, 0.3) is 0 Å². The van der Waals surface area contributed by atoms with Crippen LogP contribution in [-0.4, -0.2) is 12.2 Å². The summed E-state index contributed by atoms with van der Waals surface area (Å²) in [5.74, 6) is 0. The van der Waals surface area contributed by atoms with Crippen LogP contribution in [0.5, 0.6) is 0 Å². The minimum Gasteiger partial charge on any atom is -0.375 e. The molecule has 1 nitrogen and oxygen atoms in total. The van der Waals surface area contributed by atoms with Crippen molar-refractivity contribution < 1.29 is 4.74 Å². The SMILES string of the molecule is CCCCCC[C@H]1CC/C=C\C[C@@H](CC)O1. The molecule has 0 aromatic rings. The molecule has 1 rings (SSSR count). The van der Waals surface area contributed by atoms with Gasteiger partial charge in [-0.05, 0) is 32.1 Å². The standard InChI is InChI=1S/C15H28O/c1-3-5-6-8-12-15-13-10-7-9-11-14(4-2)16-15/h7,9,14-15H,3-6,8,10-13H2,1-2H3/b9-7-/t14-,15+/m1/s1. The molecule has 94 valence electrons. The lowest BCUT2D eigenvalue weighted by Crippen LogP contribution is -2.22. The van der Waals surface area contributed by atoms with Crippen LogP contribution in [0.15, 0.2) is 12.2 Å². The van der Waals surface area contributed by atoms with Crippen LogP contribution < -0.4 is 0 Å². The highest BCUT2D eigenvalue weighted by Gasteiger charge is 2.15. The summed E-state index contributed by atoms with van der Waals surface area (Å²) in [6.07, 6.45) is 17.0. The van der Waals surface area contributed by atoms with Crippen molar-refractivity contribution >= 4 is 0 Å². The summed E-state index contributed by atoms with van der Waals surface area (Å²) < 4.78 is 6.17. The van der Waals surface area contributed by atoms with Gasteiger partial charge in [0.25, 0.3) is 0 Å². The molecule has 0 aromatic heterocycles. The molecule has 1 aliphatic rings. The molecule has 0 saturated carbocycles. The van der Waals surface area contributed by atoms with E-state index in [-0.39, 0.29) is 0 Å². The Labute approximate surface area is 101 Å². The minimum atomic E-state index is 0.465. The van der Waals surface area contributed by atoms with Crippen molar-refractivity contribution in [2.45, 2.75) is 83.8 Å². The van der Waals surface area contributed by atoms with Crippen molar-refractivity contribution in [2.24, 2.45) is 0 Å². The van der Waals surface area contributed by atoms with E-state index < -0.39 is 0 Å². The first-order chi connectivity index (χ1) is 7.86. The van der Waals surface area contributed by atoms with Gasteiger partial charge in [0.2, 0.25) is 0 Å². The van der Waals surface area contributed by atoms with E-state index in [1.165, 1.54) is 44.9 Å². The van der Waals surface area contributed by atoms with E-state index in [1.54, 1.807) is 0 Å². The third-order valence-electron chi connectivity index (χ3n) is 3.44. The maximum absolute atomic E-state index is 6.17. The molecule has 0 aromatic carbocycles. The summed E-state index contributed by atoms with van der Waals surface area (Å²) in [6, 6.07) is 0. The fourth-order valence-electron chi connectivity index (χ4n) is 2.32. The fourth-order valence-corrected chi connectivity index (χ4v) is 2.32. The highest BCUT2D eigenvalue weighted by atomic mass is 16.5. The van der Waals surface area contributed by atoms with Crippen LogP contribution in [0, 0.1) is 0 Å². The lowest BCUT2D eigenvalue weighted by molar-refractivity contribution is -0.0227. The normalized spacial score (nSPS) is 28.4. The van der Waals surface area contributed by atoms with Gasteiger partial charge in [0.15, 0.2) is 0 Å². The third-order valence-corrected chi connectivity index (χ3v) is 3.44. The average Bonchev–Trinajstić information content (AvgIpc) is 2.27. The number of hydrogen-bond acceptors (Lipinski definition) is 1. The van der Waals surface area contributed by atoms with E-state index in [2.05, 4.69) is 26.0 Å². The summed E-state index contributed by atoms with van der Waals surface area (Å²) in [7, 11) is 0. The number of rotatable bonds is 6. The van der Waals surface area contributed by atoms with E-state index in [9.17, 15) is 0 Å². The van der Waals surface area contributed by atoms with Crippen LogP contribution in [0.1, 0.15) is 71.6 Å². The number of ether oxygens (including phenoxy) is 1. The smallest absolute Gasteiger partial charge is 0.0610 e. The van der Waals surface area contributed by atoms with Gasteiger partial charge in [0.1, 0.15) is 0 Å². The van der Waals surface area contributed by atoms with Crippen molar-refractivity contribution in [3.63, 3.8) is 0 Å². The molecule has 0 bridgehead atoms. The Bertz CT molecular complexity index is 186. The van der Waals surface area contributed by atoms with Gasteiger partial charge >= 0.3 is 0 Å². The zero-order valence-corrected chi connectivity index (χ0v) is 11.1. The second kappa shape index (κ2) is 8.81. The average molecular weight is 224 g/mol. The van der Waals surface area contributed by atoms with Crippen LogP contribution in [0.3, 0.4) is 0 Å². The second-order valence-corrected chi connectivity index (χ2v) is 4.92. The predicted molar refractivity (Wildman–Crippen MR) is 70.7 cm³/mol. The molecule has 0 amide bonds. The zero-order chi connectivity index (χ0) is 11.6. The van der Waals surface area contributed by atoms with Crippen molar-refractivity contribution in [1.82, 2.24) is 0 Å². The summed E-state index contributed by atoms with van der Waals surface area (Å²) in [6.45, 7) is 4.50. The Kier molecular flexibility index (Phi) is 7.58. The van der Waals surface area contributed by atoms with Gasteiger partial charge < -0.3 is 4.74 Å². The van der Waals surface area contributed by atoms with Crippen molar-refractivity contribution in [2.75, 3.05) is 0 Å². The molecule has 0 spiro atoms. The van der Waals surface area contributed by atoms with Crippen LogP contribution in [-0.2, 0) is 4.74 Å². The van der Waals surface area contributed by atoms with E-state index in [0.29, 0.717) is 12.2 Å². The van der Waals surface area contributed by atoms with Crippen LogP contribution in [0.4, 0.5) is 0 Å². The molecule has 1 heteroatoms. The molecule has 0 N–H and O–H groups in total. The monoisotopic (exact) mass is 224 g/mol. The molecule has 0 radical (unpaired) electrons. The minimum absolute atomic E-state index is 0.465. The Morgan fingerprint density at radius 1 is 1.06 bits per heavy atom. The molecule has 0 unspecified atom stereocenters. The molecule has 16 heavy (non-hydrogen) atoms. The molecular formula is C15H28O. The fraction of sp³-hybridized carbons (Fsp3) is 0.867. The quantitative estimate of drug-likeness (QED) is 0.462. The molecule has 1 heterocycles. The third kappa shape index (κ3) is 5.69. The van der Waals surface area contributed by atoms with E-state index in [0.717, 1.165) is 12.8 Å². The summed E-state index contributed by atoms with van der Waals surface area (Å²) in [5, 5.41) is 0. The summed E-state index contributed by atoms with van der Waals surface area (Å²) >= 11 is 0. The first-order valence-corrected chi connectivity index (χ1v) is 7.17. The Balaban J connectivity index is 2.24. The van der Waals surface area contributed by atoms with E-state index in [1.807, 2.05) is 0 Å². The number of allylic oxidation sites excluding steroid dienone is 1. The van der Waals surface area contributed by atoms with Crippen molar-refractivity contribution in [1.29, 1.82) is 0 Å². The molecule has 0 saturated heterocycles.